The van der Waals surface area contributed by atoms with Crippen LogP contribution in [0, 0.1) is 0 Å². The molecule has 2 aromatic rings. The lowest BCUT2D eigenvalue weighted by molar-refractivity contribution is 0.0696. The van der Waals surface area contributed by atoms with Gasteiger partial charge in [0.05, 0.1) is 18.3 Å². The first-order chi connectivity index (χ1) is 8.65. The third-order valence-corrected chi connectivity index (χ3v) is 2.81. The average molecular weight is 311 g/mol. The van der Waals surface area contributed by atoms with E-state index in [1.807, 2.05) is 24.3 Å². The molecule has 0 aliphatic rings. The van der Waals surface area contributed by atoms with Gasteiger partial charge in [0.15, 0.2) is 0 Å². The van der Waals surface area contributed by atoms with E-state index in [1.165, 1.54) is 12.4 Å². The number of carboxylic acid groups (broad SMARTS) is 1. The molecule has 0 aliphatic heterocycles. The minimum atomic E-state index is -0.977. The standard InChI is InChI=1S/C12H11BrN2O3/c13-10-1-3-11(4-2-10)18-6-5-15-8-9(7-14-15)12(16)17/h1-4,7-8H,5-6H2,(H,16,17). The first kappa shape index (κ1) is 12.6. The minimum Gasteiger partial charge on any atom is -0.492 e. The summed E-state index contributed by atoms with van der Waals surface area (Å²) in [5.74, 6) is -0.209. The van der Waals surface area contributed by atoms with Crippen molar-refractivity contribution >= 4 is 21.9 Å². The molecular formula is C12H11BrN2O3. The topological polar surface area (TPSA) is 64.3 Å². The lowest BCUT2D eigenvalue weighted by Crippen LogP contribution is -2.08. The highest BCUT2D eigenvalue weighted by Gasteiger charge is 2.05. The van der Waals surface area contributed by atoms with E-state index in [1.54, 1.807) is 4.68 Å². The Bertz CT molecular complexity index is 537. The van der Waals surface area contributed by atoms with Crippen LogP contribution in [0.5, 0.6) is 5.75 Å². The van der Waals surface area contributed by atoms with Gasteiger partial charge in [-0.1, -0.05) is 15.9 Å². The molecule has 0 radical (unpaired) electrons. The van der Waals surface area contributed by atoms with Gasteiger partial charge in [0.25, 0.3) is 0 Å². The molecule has 1 aromatic heterocycles. The first-order valence-corrected chi connectivity index (χ1v) is 6.08. The van der Waals surface area contributed by atoms with Crippen molar-refractivity contribution in [2.24, 2.45) is 0 Å². The van der Waals surface area contributed by atoms with E-state index >= 15 is 0 Å². The Kier molecular flexibility index (Phi) is 3.99. The summed E-state index contributed by atoms with van der Waals surface area (Å²) in [7, 11) is 0. The Morgan fingerprint density at radius 2 is 2.11 bits per heavy atom. The lowest BCUT2D eigenvalue weighted by atomic mass is 10.3. The largest absolute Gasteiger partial charge is 0.492 e. The van der Waals surface area contributed by atoms with Gasteiger partial charge in [-0.05, 0) is 24.3 Å². The molecule has 1 aromatic carbocycles. The van der Waals surface area contributed by atoms with Crippen LogP contribution < -0.4 is 4.74 Å². The van der Waals surface area contributed by atoms with Crippen molar-refractivity contribution in [3.8, 4) is 5.75 Å². The van der Waals surface area contributed by atoms with E-state index in [9.17, 15) is 4.79 Å². The maximum absolute atomic E-state index is 10.7. The van der Waals surface area contributed by atoms with E-state index in [-0.39, 0.29) is 5.56 Å². The third-order valence-electron chi connectivity index (χ3n) is 2.28. The first-order valence-electron chi connectivity index (χ1n) is 5.29. The number of halogens is 1. The Balaban J connectivity index is 1.84. The van der Waals surface area contributed by atoms with Crippen molar-refractivity contribution in [2.45, 2.75) is 6.54 Å². The summed E-state index contributed by atoms with van der Waals surface area (Å²) in [5.41, 5.74) is 0.179. The van der Waals surface area contributed by atoms with Crippen molar-refractivity contribution in [1.82, 2.24) is 9.78 Å². The molecule has 0 atom stereocenters. The fraction of sp³-hybridized carbons (Fsp3) is 0.167. The molecule has 0 saturated carbocycles. The second-order valence-corrected chi connectivity index (χ2v) is 4.52. The highest BCUT2D eigenvalue weighted by molar-refractivity contribution is 9.10. The van der Waals surface area contributed by atoms with Crippen LogP contribution in [0.3, 0.4) is 0 Å². The fourth-order valence-corrected chi connectivity index (χ4v) is 1.65. The molecule has 0 spiro atoms. The average Bonchev–Trinajstić information content (AvgIpc) is 2.81. The van der Waals surface area contributed by atoms with E-state index < -0.39 is 5.97 Å². The summed E-state index contributed by atoms with van der Waals surface area (Å²) in [6, 6.07) is 7.50. The van der Waals surface area contributed by atoms with E-state index in [2.05, 4.69) is 21.0 Å². The van der Waals surface area contributed by atoms with Crippen LogP contribution in [0.25, 0.3) is 0 Å². The maximum Gasteiger partial charge on any atom is 0.338 e. The van der Waals surface area contributed by atoms with Crippen LogP contribution in [0.2, 0.25) is 0 Å². The summed E-state index contributed by atoms with van der Waals surface area (Å²) in [6.07, 6.45) is 2.80. The monoisotopic (exact) mass is 310 g/mol. The van der Waals surface area contributed by atoms with Crippen molar-refractivity contribution in [3.05, 3.63) is 46.7 Å². The van der Waals surface area contributed by atoms with Gasteiger partial charge in [-0.25, -0.2) is 4.79 Å². The number of carbonyl (C=O) groups is 1. The van der Waals surface area contributed by atoms with Crippen LogP contribution in [-0.4, -0.2) is 27.5 Å². The molecule has 0 fully saturated rings. The van der Waals surface area contributed by atoms with Crippen LogP contribution in [0.15, 0.2) is 41.1 Å². The summed E-state index contributed by atoms with van der Waals surface area (Å²) in [6.45, 7) is 0.936. The van der Waals surface area contributed by atoms with Gasteiger partial charge in [-0.2, -0.15) is 5.10 Å². The molecular weight excluding hydrogens is 300 g/mol. The molecule has 0 saturated heterocycles. The molecule has 2 rings (SSSR count). The van der Waals surface area contributed by atoms with Gasteiger partial charge < -0.3 is 9.84 Å². The molecule has 0 aliphatic carbocycles. The Labute approximate surface area is 112 Å². The van der Waals surface area contributed by atoms with E-state index in [4.69, 9.17) is 9.84 Å². The minimum absolute atomic E-state index is 0.179. The molecule has 5 nitrogen and oxygen atoms in total. The SMILES string of the molecule is O=C(O)c1cnn(CCOc2ccc(Br)cc2)c1. The van der Waals surface area contributed by atoms with Gasteiger partial charge in [0, 0.05) is 10.7 Å². The summed E-state index contributed by atoms with van der Waals surface area (Å²) >= 11 is 3.34. The number of nitrogens with zero attached hydrogens (tertiary/aromatic N) is 2. The molecule has 1 N–H and O–H groups in total. The van der Waals surface area contributed by atoms with Crippen molar-refractivity contribution in [1.29, 1.82) is 0 Å². The number of aromatic nitrogens is 2. The zero-order valence-corrected chi connectivity index (χ0v) is 11.0. The van der Waals surface area contributed by atoms with Gasteiger partial charge >= 0.3 is 5.97 Å². The molecule has 94 valence electrons. The number of benzene rings is 1. The number of aromatic carboxylic acids is 1. The number of rotatable bonds is 5. The molecule has 0 unspecified atom stereocenters. The molecule has 1 heterocycles. The zero-order valence-electron chi connectivity index (χ0n) is 9.41. The van der Waals surface area contributed by atoms with Gasteiger partial charge in [0.1, 0.15) is 12.4 Å². The van der Waals surface area contributed by atoms with Crippen LogP contribution >= 0.6 is 15.9 Å². The quantitative estimate of drug-likeness (QED) is 0.921. The highest BCUT2D eigenvalue weighted by atomic mass is 79.9. The van der Waals surface area contributed by atoms with Gasteiger partial charge in [-0.3, -0.25) is 4.68 Å². The maximum atomic E-state index is 10.7. The number of carboxylic acids is 1. The Morgan fingerprint density at radius 1 is 1.39 bits per heavy atom. The molecule has 6 heteroatoms. The lowest BCUT2D eigenvalue weighted by Gasteiger charge is -2.06. The molecule has 0 amide bonds. The van der Waals surface area contributed by atoms with Crippen molar-refractivity contribution in [3.63, 3.8) is 0 Å². The normalized spacial score (nSPS) is 10.3. The number of hydrogen-bond acceptors (Lipinski definition) is 3. The van der Waals surface area contributed by atoms with Gasteiger partial charge in [0.2, 0.25) is 0 Å². The zero-order chi connectivity index (χ0) is 13.0. The summed E-state index contributed by atoms with van der Waals surface area (Å²) in [4.78, 5) is 10.7. The second kappa shape index (κ2) is 5.68. The van der Waals surface area contributed by atoms with Gasteiger partial charge in [-0.15, -0.1) is 0 Å². The van der Waals surface area contributed by atoms with Crippen LogP contribution in [0.1, 0.15) is 10.4 Å². The highest BCUT2D eigenvalue weighted by Crippen LogP contribution is 2.15. The predicted molar refractivity (Wildman–Crippen MR) is 68.8 cm³/mol. The van der Waals surface area contributed by atoms with Crippen molar-refractivity contribution < 1.29 is 14.6 Å². The van der Waals surface area contributed by atoms with Crippen LogP contribution in [-0.2, 0) is 6.54 Å². The number of ether oxygens (including phenoxy) is 1. The molecule has 0 bridgehead atoms. The Hall–Kier alpha value is -1.82. The summed E-state index contributed by atoms with van der Waals surface area (Å²) < 4.78 is 8.04. The Morgan fingerprint density at radius 3 is 2.72 bits per heavy atom. The predicted octanol–water partition coefficient (Wildman–Crippen LogP) is 2.42. The second-order valence-electron chi connectivity index (χ2n) is 3.60. The van der Waals surface area contributed by atoms with Crippen LogP contribution in [0.4, 0.5) is 0 Å². The number of hydrogen-bond donors (Lipinski definition) is 1. The smallest absolute Gasteiger partial charge is 0.338 e. The van der Waals surface area contributed by atoms with E-state index in [0.717, 1.165) is 10.2 Å². The fourth-order valence-electron chi connectivity index (χ4n) is 1.38. The van der Waals surface area contributed by atoms with Crippen molar-refractivity contribution in [2.75, 3.05) is 6.61 Å². The third kappa shape index (κ3) is 3.33. The molecule has 18 heavy (non-hydrogen) atoms. The van der Waals surface area contributed by atoms with E-state index in [0.29, 0.717) is 13.2 Å². The summed E-state index contributed by atoms with van der Waals surface area (Å²) in [5, 5.41) is 12.7.